The molecule has 96 valence electrons. The van der Waals surface area contributed by atoms with Crippen molar-refractivity contribution in [3.8, 4) is 0 Å². The van der Waals surface area contributed by atoms with Crippen molar-refractivity contribution in [3.05, 3.63) is 29.3 Å². The summed E-state index contributed by atoms with van der Waals surface area (Å²) in [4.78, 5) is 12.2. The zero-order valence-corrected chi connectivity index (χ0v) is 10.8. The molecular formula is C15H20N2O. The second kappa shape index (κ2) is 4.73. The van der Waals surface area contributed by atoms with Crippen molar-refractivity contribution in [2.24, 2.45) is 11.8 Å². The van der Waals surface area contributed by atoms with E-state index in [2.05, 4.69) is 29.7 Å². The van der Waals surface area contributed by atoms with Gasteiger partial charge in [-0.3, -0.25) is 4.79 Å². The molecule has 0 saturated carbocycles. The Kier molecular flexibility index (Phi) is 3.08. The Labute approximate surface area is 108 Å². The molecule has 0 radical (unpaired) electrons. The van der Waals surface area contributed by atoms with Crippen molar-refractivity contribution in [1.82, 2.24) is 5.32 Å². The second-order valence-electron chi connectivity index (χ2n) is 5.57. The first-order valence-electron chi connectivity index (χ1n) is 6.87. The number of carbonyl (C=O) groups is 1. The molecule has 2 atom stereocenters. The van der Waals surface area contributed by atoms with E-state index in [-0.39, 0.29) is 11.8 Å². The number of aryl methyl sites for hydroxylation is 2. The number of carbonyl (C=O) groups excluding carboxylic acids is 1. The molecule has 3 nitrogen and oxygen atoms in total. The summed E-state index contributed by atoms with van der Waals surface area (Å²) >= 11 is 0. The van der Waals surface area contributed by atoms with Crippen LogP contribution in [0.1, 0.15) is 24.5 Å². The zero-order chi connectivity index (χ0) is 12.5. The highest BCUT2D eigenvalue weighted by atomic mass is 16.1. The Morgan fingerprint density at radius 2 is 2.11 bits per heavy atom. The molecule has 3 rings (SSSR count). The third kappa shape index (κ3) is 2.15. The lowest BCUT2D eigenvalue weighted by Crippen LogP contribution is -2.27. The number of amides is 1. The van der Waals surface area contributed by atoms with Crippen LogP contribution in [0.15, 0.2) is 18.2 Å². The van der Waals surface area contributed by atoms with E-state index >= 15 is 0 Å². The third-order valence-corrected chi connectivity index (χ3v) is 4.22. The van der Waals surface area contributed by atoms with Gasteiger partial charge in [-0.15, -0.1) is 0 Å². The van der Waals surface area contributed by atoms with Gasteiger partial charge in [0.15, 0.2) is 0 Å². The van der Waals surface area contributed by atoms with E-state index in [9.17, 15) is 4.79 Å². The van der Waals surface area contributed by atoms with Crippen LogP contribution in [0.4, 0.5) is 5.69 Å². The van der Waals surface area contributed by atoms with Crippen molar-refractivity contribution in [2.45, 2.75) is 26.2 Å². The molecule has 3 heteroatoms. The SMILES string of the molecule is C[C@@H]1CNC[C@H]1C(=O)Nc1ccc2c(c1)CCC2. The van der Waals surface area contributed by atoms with Crippen LogP contribution in [0.2, 0.25) is 0 Å². The van der Waals surface area contributed by atoms with E-state index < -0.39 is 0 Å². The Balaban J connectivity index is 1.71. The lowest BCUT2D eigenvalue weighted by molar-refractivity contribution is -0.120. The monoisotopic (exact) mass is 244 g/mol. The predicted octanol–water partition coefficient (Wildman–Crippen LogP) is 1.97. The molecule has 1 aromatic rings. The largest absolute Gasteiger partial charge is 0.326 e. The molecule has 1 amide bonds. The van der Waals surface area contributed by atoms with E-state index in [0.717, 1.165) is 25.2 Å². The standard InChI is InChI=1S/C15H20N2O/c1-10-8-16-9-14(10)15(18)17-13-6-5-11-3-2-4-12(11)7-13/h5-7,10,14,16H,2-4,8-9H2,1H3,(H,17,18)/t10-,14-/m1/s1. The molecule has 2 aliphatic rings. The van der Waals surface area contributed by atoms with Gasteiger partial charge in [-0.2, -0.15) is 0 Å². The first-order chi connectivity index (χ1) is 8.74. The van der Waals surface area contributed by atoms with Crippen molar-refractivity contribution in [3.63, 3.8) is 0 Å². The maximum atomic E-state index is 12.2. The molecule has 1 heterocycles. The highest BCUT2D eigenvalue weighted by Crippen LogP contribution is 2.26. The van der Waals surface area contributed by atoms with Gasteiger partial charge in [-0.25, -0.2) is 0 Å². The van der Waals surface area contributed by atoms with Crippen LogP contribution in [-0.4, -0.2) is 19.0 Å². The Morgan fingerprint density at radius 1 is 1.28 bits per heavy atom. The molecule has 1 aromatic carbocycles. The first kappa shape index (κ1) is 11.7. The van der Waals surface area contributed by atoms with Crippen LogP contribution in [0.5, 0.6) is 0 Å². The summed E-state index contributed by atoms with van der Waals surface area (Å²) in [6.07, 6.45) is 3.59. The van der Waals surface area contributed by atoms with Crippen LogP contribution in [0.3, 0.4) is 0 Å². The predicted molar refractivity (Wildman–Crippen MR) is 72.6 cm³/mol. The fourth-order valence-corrected chi connectivity index (χ4v) is 3.05. The molecule has 1 aliphatic heterocycles. The first-order valence-corrected chi connectivity index (χ1v) is 6.87. The number of nitrogens with one attached hydrogen (secondary N) is 2. The van der Waals surface area contributed by atoms with Crippen molar-refractivity contribution < 1.29 is 4.79 Å². The quantitative estimate of drug-likeness (QED) is 0.835. The minimum absolute atomic E-state index is 0.109. The van der Waals surface area contributed by atoms with E-state index in [1.165, 1.54) is 24.0 Å². The molecule has 0 unspecified atom stereocenters. The maximum Gasteiger partial charge on any atom is 0.229 e. The highest BCUT2D eigenvalue weighted by Gasteiger charge is 2.29. The van der Waals surface area contributed by atoms with Gasteiger partial charge >= 0.3 is 0 Å². The molecular weight excluding hydrogens is 224 g/mol. The molecule has 18 heavy (non-hydrogen) atoms. The number of anilines is 1. The molecule has 2 N–H and O–H groups in total. The molecule has 0 bridgehead atoms. The van der Waals surface area contributed by atoms with Gasteiger partial charge in [0.1, 0.15) is 0 Å². The van der Waals surface area contributed by atoms with E-state index in [1.807, 2.05) is 6.07 Å². The van der Waals surface area contributed by atoms with Gasteiger partial charge in [0.25, 0.3) is 0 Å². The summed E-state index contributed by atoms with van der Waals surface area (Å²) in [5.74, 6) is 0.697. The van der Waals surface area contributed by atoms with Crippen LogP contribution < -0.4 is 10.6 Å². The van der Waals surface area contributed by atoms with E-state index in [1.54, 1.807) is 0 Å². The van der Waals surface area contributed by atoms with Crippen LogP contribution in [0, 0.1) is 11.8 Å². The Morgan fingerprint density at radius 3 is 2.89 bits per heavy atom. The minimum atomic E-state index is 0.109. The summed E-state index contributed by atoms with van der Waals surface area (Å²) in [5.41, 5.74) is 3.81. The minimum Gasteiger partial charge on any atom is -0.326 e. The van der Waals surface area contributed by atoms with E-state index in [4.69, 9.17) is 0 Å². The topological polar surface area (TPSA) is 41.1 Å². The highest BCUT2D eigenvalue weighted by molar-refractivity contribution is 5.93. The summed E-state index contributed by atoms with van der Waals surface area (Å²) in [6, 6.07) is 6.34. The van der Waals surface area contributed by atoms with Crippen molar-refractivity contribution >= 4 is 11.6 Å². The normalized spacial score (nSPS) is 26.1. The molecule has 1 aliphatic carbocycles. The molecule has 0 spiro atoms. The van der Waals surface area contributed by atoms with Crippen LogP contribution >= 0.6 is 0 Å². The Bertz CT molecular complexity index is 470. The molecule has 1 saturated heterocycles. The van der Waals surface area contributed by atoms with Crippen LogP contribution in [-0.2, 0) is 17.6 Å². The third-order valence-electron chi connectivity index (χ3n) is 4.22. The summed E-state index contributed by atoms with van der Waals surface area (Å²) in [6.45, 7) is 3.88. The Hall–Kier alpha value is -1.35. The average Bonchev–Trinajstić information content (AvgIpc) is 2.96. The second-order valence-corrected chi connectivity index (χ2v) is 5.57. The lowest BCUT2D eigenvalue weighted by Gasteiger charge is -2.14. The number of rotatable bonds is 2. The summed E-state index contributed by atoms with van der Waals surface area (Å²) < 4.78 is 0. The molecule has 0 aromatic heterocycles. The zero-order valence-electron chi connectivity index (χ0n) is 10.8. The number of benzene rings is 1. The smallest absolute Gasteiger partial charge is 0.229 e. The van der Waals surface area contributed by atoms with E-state index in [0.29, 0.717) is 5.92 Å². The average molecular weight is 244 g/mol. The van der Waals surface area contributed by atoms with Gasteiger partial charge in [0, 0.05) is 12.2 Å². The van der Waals surface area contributed by atoms with Gasteiger partial charge in [-0.05, 0) is 55.0 Å². The van der Waals surface area contributed by atoms with Crippen LogP contribution in [0.25, 0.3) is 0 Å². The maximum absolute atomic E-state index is 12.2. The fraction of sp³-hybridized carbons (Fsp3) is 0.533. The number of hydrogen-bond acceptors (Lipinski definition) is 2. The fourth-order valence-electron chi connectivity index (χ4n) is 3.05. The summed E-state index contributed by atoms with van der Waals surface area (Å²) in [7, 11) is 0. The van der Waals surface area contributed by atoms with Crippen molar-refractivity contribution in [1.29, 1.82) is 0 Å². The number of fused-ring (bicyclic) bond motifs is 1. The van der Waals surface area contributed by atoms with Crippen molar-refractivity contribution in [2.75, 3.05) is 18.4 Å². The molecule has 1 fully saturated rings. The van der Waals surface area contributed by atoms with Gasteiger partial charge in [0.05, 0.1) is 5.92 Å². The lowest BCUT2D eigenvalue weighted by atomic mass is 9.97. The van der Waals surface area contributed by atoms with Gasteiger partial charge in [-0.1, -0.05) is 13.0 Å². The van der Waals surface area contributed by atoms with Gasteiger partial charge in [0.2, 0.25) is 5.91 Å². The van der Waals surface area contributed by atoms with Gasteiger partial charge < -0.3 is 10.6 Å². The summed E-state index contributed by atoms with van der Waals surface area (Å²) in [5, 5.41) is 6.33. The number of hydrogen-bond donors (Lipinski definition) is 2.